The number of ether oxygens (including phenoxy) is 1. The zero-order chi connectivity index (χ0) is 15.7. The molecule has 2 aliphatic rings. The van der Waals surface area contributed by atoms with E-state index in [2.05, 4.69) is 0 Å². The topological polar surface area (TPSA) is 63.7 Å². The van der Waals surface area contributed by atoms with Gasteiger partial charge in [0, 0.05) is 17.2 Å². The van der Waals surface area contributed by atoms with Crippen molar-refractivity contribution in [3.8, 4) is 5.75 Å². The molecular weight excluding hydrogens is 306 g/mol. The van der Waals surface area contributed by atoms with E-state index in [0.29, 0.717) is 41.0 Å². The van der Waals surface area contributed by atoms with Gasteiger partial charge in [-0.15, -0.1) is 0 Å². The fourth-order valence-electron chi connectivity index (χ4n) is 2.84. The van der Waals surface area contributed by atoms with Gasteiger partial charge >= 0.3 is 0 Å². The van der Waals surface area contributed by atoms with E-state index in [4.69, 9.17) is 16.3 Å². The van der Waals surface area contributed by atoms with Gasteiger partial charge in [0.25, 0.3) is 11.8 Å². The normalized spacial score (nSPS) is 17.8. The van der Waals surface area contributed by atoms with Gasteiger partial charge in [0.05, 0.1) is 10.7 Å². The summed E-state index contributed by atoms with van der Waals surface area (Å²) in [6.07, 6.45) is 3.77. The van der Waals surface area contributed by atoms with E-state index in [9.17, 15) is 14.4 Å². The van der Waals surface area contributed by atoms with E-state index < -0.39 is 0 Å². The van der Waals surface area contributed by atoms with Crippen LogP contribution >= 0.6 is 11.6 Å². The van der Waals surface area contributed by atoms with Crippen molar-refractivity contribution in [3.63, 3.8) is 0 Å². The maximum Gasteiger partial charge on any atom is 0.261 e. The first-order valence-electron chi connectivity index (χ1n) is 7.10. The number of carbonyl (C=O) groups excluding carboxylic acids is 3. The van der Waals surface area contributed by atoms with E-state index in [0.717, 1.165) is 12.8 Å². The summed E-state index contributed by atoms with van der Waals surface area (Å²) in [5, 5.41) is 0.322. The maximum absolute atomic E-state index is 12.5. The zero-order valence-corrected chi connectivity index (χ0v) is 12.6. The molecule has 0 fully saturated rings. The van der Waals surface area contributed by atoms with Crippen LogP contribution in [0.2, 0.25) is 5.02 Å². The van der Waals surface area contributed by atoms with Gasteiger partial charge < -0.3 is 4.74 Å². The molecule has 1 aromatic carbocycles. The van der Waals surface area contributed by atoms with Gasteiger partial charge in [-0.25, -0.2) is 4.90 Å². The van der Waals surface area contributed by atoms with Gasteiger partial charge in [0.15, 0.2) is 6.29 Å². The highest BCUT2D eigenvalue weighted by molar-refractivity contribution is 6.34. The summed E-state index contributed by atoms with van der Waals surface area (Å²) < 4.78 is 5.21. The van der Waals surface area contributed by atoms with Crippen molar-refractivity contribution < 1.29 is 19.1 Å². The molecular formula is C16H14ClNO4. The van der Waals surface area contributed by atoms with Crippen molar-refractivity contribution in [1.82, 2.24) is 0 Å². The molecule has 0 unspecified atom stereocenters. The largest absolute Gasteiger partial charge is 0.485 e. The van der Waals surface area contributed by atoms with Crippen LogP contribution in [0, 0.1) is 0 Å². The summed E-state index contributed by atoms with van der Waals surface area (Å²) in [6, 6.07) is 4.67. The summed E-state index contributed by atoms with van der Waals surface area (Å²) in [6.45, 7) is -0.139. The van der Waals surface area contributed by atoms with Crippen molar-refractivity contribution in [2.75, 3.05) is 11.5 Å². The molecule has 0 atom stereocenters. The van der Waals surface area contributed by atoms with Crippen molar-refractivity contribution >= 4 is 35.4 Å². The third kappa shape index (κ3) is 2.41. The van der Waals surface area contributed by atoms with E-state index in [-0.39, 0.29) is 24.2 Å². The minimum Gasteiger partial charge on any atom is -0.485 e. The molecule has 0 saturated heterocycles. The molecule has 1 aliphatic heterocycles. The Morgan fingerprint density at radius 2 is 1.77 bits per heavy atom. The number of aldehydes is 1. The van der Waals surface area contributed by atoms with E-state index in [1.165, 1.54) is 11.0 Å². The first-order chi connectivity index (χ1) is 10.6. The number of amides is 2. The highest BCUT2D eigenvalue weighted by Gasteiger charge is 2.39. The first-order valence-corrected chi connectivity index (χ1v) is 7.48. The number of hydrogen-bond acceptors (Lipinski definition) is 4. The second-order valence-electron chi connectivity index (χ2n) is 5.20. The van der Waals surface area contributed by atoms with Crippen LogP contribution in [0.15, 0.2) is 29.3 Å². The van der Waals surface area contributed by atoms with E-state index in [1.807, 2.05) is 0 Å². The lowest BCUT2D eigenvalue weighted by atomic mass is 9.93. The Morgan fingerprint density at radius 3 is 2.36 bits per heavy atom. The summed E-state index contributed by atoms with van der Waals surface area (Å²) >= 11 is 5.99. The minimum atomic E-state index is -0.261. The SMILES string of the molecule is O=CCOc1cc(N2C(=O)C3=C(CCCC3)C2=O)ccc1Cl. The smallest absolute Gasteiger partial charge is 0.261 e. The van der Waals surface area contributed by atoms with Crippen LogP contribution in [0.1, 0.15) is 25.7 Å². The summed E-state index contributed by atoms with van der Waals surface area (Å²) in [5.41, 5.74) is 1.66. The minimum absolute atomic E-state index is 0.139. The number of carbonyl (C=O) groups is 3. The number of hydrogen-bond donors (Lipinski definition) is 0. The number of halogens is 1. The van der Waals surface area contributed by atoms with Crippen molar-refractivity contribution in [1.29, 1.82) is 0 Å². The molecule has 5 nitrogen and oxygen atoms in total. The average Bonchev–Trinajstić information content (AvgIpc) is 2.79. The molecule has 0 aromatic heterocycles. The zero-order valence-electron chi connectivity index (χ0n) is 11.8. The van der Waals surface area contributed by atoms with E-state index >= 15 is 0 Å². The highest BCUT2D eigenvalue weighted by Crippen LogP contribution is 2.37. The number of nitrogens with zero attached hydrogens (tertiary/aromatic N) is 1. The number of anilines is 1. The lowest BCUT2D eigenvalue weighted by molar-refractivity contribution is -0.120. The highest BCUT2D eigenvalue weighted by atomic mass is 35.5. The van der Waals surface area contributed by atoms with Gasteiger partial charge in [-0.2, -0.15) is 0 Å². The summed E-state index contributed by atoms with van der Waals surface area (Å²) in [5.74, 6) is -0.247. The lowest BCUT2D eigenvalue weighted by Gasteiger charge is -2.16. The molecule has 1 aromatic rings. The molecule has 1 aliphatic carbocycles. The molecule has 2 amide bonds. The molecule has 0 N–H and O–H groups in total. The molecule has 3 rings (SSSR count). The number of rotatable bonds is 4. The fraction of sp³-hybridized carbons (Fsp3) is 0.312. The third-order valence-electron chi connectivity index (χ3n) is 3.87. The molecule has 0 radical (unpaired) electrons. The quantitative estimate of drug-likeness (QED) is 0.632. The summed E-state index contributed by atoms with van der Waals surface area (Å²) in [7, 11) is 0. The lowest BCUT2D eigenvalue weighted by Crippen LogP contribution is -2.31. The Kier molecular flexibility index (Phi) is 3.98. The number of benzene rings is 1. The molecule has 0 bridgehead atoms. The van der Waals surface area contributed by atoms with Crippen molar-refractivity contribution in [3.05, 3.63) is 34.4 Å². The first kappa shape index (κ1) is 14.8. The van der Waals surface area contributed by atoms with Crippen LogP contribution in [0.25, 0.3) is 0 Å². The van der Waals surface area contributed by atoms with Gasteiger partial charge in [0.1, 0.15) is 12.4 Å². The van der Waals surface area contributed by atoms with Crippen LogP contribution in [-0.4, -0.2) is 24.7 Å². The molecule has 0 saturated carbocycles. The third-order valence-corrected chi connectivity index (χ3v) is 4.18. The van der Waals surface area contributed by atoms with Crippen LogP contribution < -0.4 is 9.64 Å². The number of imide groups is 1. The predicted molar refractivity (Wildman–Crippen MR) is 81.0 cm³/mol. The molecule has 6 heteroatoms. The van der Waals surface area contributed by atoms with Crippen LogP contribution in [0.5, 0.6) is 5.75 Å². The van der Waals surface area contributed by atoms with Gasteiger partial charge in [-0.3, -0.25) is 14.4 Å². The van der Waals surface area contributed by atoms with Crippen LogP contribution in [-0.2, 0) is 14.4 Å². The maximum atomic E-state index is 12.5. The van der Waals surface area contributed by atoms with E-state index in [1.54, 1.807) is 12.1 Å². The molecule has 1 heterocycles. The second kappa shape index (κ2) is 5.93. The monoisotopic (exact) mass is 319 g/mol. The fourth-order valence-corrected chi connectivity index (χ4v) is 3.01. The summed E-state index contributed by atoms with van der Waals surface area (Å²) in [4.78, 5) is 36.5. The Labute approximate surface area is 132 Å². The molecule has 114 valence electrons. The Bertz CT molecular complexity index is 667. The molecule has 0 spiro atoms. The predicted octanol–water partition coefficient (Wildman–Crippen LogP) is 2.66. The molecule has 22 heavy (non-hydrogen) atoms. The standard InChI is InChI=1S/C16H14ClNO4/c17-13-6-5-10(9-14(13)22-8-7-19)18-15(20)11-3-1-2-4-12(11)16(18)21/h5-7,9H,1-4,8H2. The Balaban J connectivity index is 1.93. The van der Waals surface area contributed by atoms with Crippen molar-refractivity contribution in [2.24, 2.45) is 0 Å². The second-order valence-corrected chi connectivity index (χ2v) is 5.61. The van der Waals surface area contributed by atoms with Gasteiger partial charge in [0.2, 0.25) is 0 Å². The van der Waals surface area contributed by atoms with Gasteiger partial charge in [-0.05, 0) is 37.8 Å². The Morgan fingerprint density at radius 1 is 1.14 bits per heavy atom. The van der Waals surface area contributed by atoms with Crippen LogP contribution in [0.4, 0.5) is 5.69 Å². The van der Waals surface area contributed by atoms with Crippen LogP contribution in [0.3, 0.4) is 0 Å². The van der Waals surface area contributed by atoms with Gasteiger partial charge in [-0.1, -0.05) is 11.6 Å². The Hall–Kier alpha value is -2.14. The van der Waals surface area contributed by atoms with Crippen molar-refractivity contribution in [2.45, 2.75) is 25.7 Å². The average molecular weight is 320 g/mol.